The fraction of sp³-hybridized carbons (Fsp3) is 0. The SMILES string of the molecule is C=COC=NN=C. The molecule has 3 nitrogen and oxygen atoms in total. The molecule has 0 saturated carbocycles. The minimum absolute atomic E-state index is 1.14. The molecule has 0 unspecified atom stereocenters. The third-order valence-electron chi connectivity index (χ3n) is 0.286. The molecule has 0 aliphatic rings. The quantitative estimate of drug-likeness (QED) is 0.222. The standard InChI is InChI=1S/C4H6N2O/c1-3-7-4-6-5-2/h3-4H,1-2H2. The first-order valence-electron chi connectivity index (χ1n) is 1.65. The fourth-order valence-electron chi connectivity index (χ4n) is 0.104. The largest absolute Gasteiger partial charge is 0.452 e. The third kappa shape index (κ3) is 4.88. The molecule has 0 rings (SSSR count). The highest BCUT2D eigenvalue weighted by Crippen LogP contribution is 1.66. The van der Waals surface area contributed by atoms with E-state index in [1.165, 1.54) is 6.26 Å². The zero-order chi connectivity index (χ0) is 5.54. The van der Waals surface area contributed by atoms with Crippen LogP contribution in [-0.4, -0.2) is 13.1 Å². The number of hydrogen-bond acceptors (Lipinski definition) is 3. The molecule has 0 fully saturated rings. The second-order valence-electron chi connectivity index (χ2n) is 0.665. The third-order valence-corrected chi connectivity index (χ3v) is 0.286. The van der Waals surface area contributed by atoms with Gasteiger partial charge in [0.2, 0.25) is 6.40 Å². The van der Waals surface area contributed by atoms with Crippen LogP contribution in [0.4, 0.5) is 0 Å². The van der Waals surface area contributed by atoms with Gasteiger partial charge in [-0.25, -0.2) is 0 Å². The van der Waals surface area contributed by atoms with Crippen molar-refractivity contribution in [1.82, 2.24) is 0 Å². The summed E-state index contributed by atoms with van der Waals surface area (Å²) in [5, 5.41) is 6.38. The van der Waals surface area contributed by atoms with Gasteiger partial charge in [0.05, 0.1) is 6.26 Å². The Morgan fingerprint density at radius 3 is 2.71 bits per heavy atom. The van der Waals surface area contributed by atoms with E-state index in [2.05, 4.69) is 28.2 Å². The van der Waals surface area contributed by atoms with Crippen molar-refractivity contribution in [2.75, 3.05) is 0 Å². The zero-order valence-corrected chi connectivity index (χ0v) is 3.87. The highest BCUT2D eigenvalue weighted by molar-refractivity contribution is 5.47. The predicted octanol–water partition coefficient (Wildman–Crippen LogP) is 0.790. The van der Waals surface area contributed by atoms with Gasteiger partial charge in [-0.15, -0.1) is 5.10 Å². The molecule has 0 atom stereocenters. The lowest BCUT2D eigenvalue weighted by Crippen LogP contribution is -1.69. The molecule has 0 heterocycles. The van der Waals surface area contributed by atoms with Gasteiger partial charge in [0.25, 0.3) is 0 Å². The Morgan fingerprint density at radius 2 is 2.29 bits per heavy atom. The Balaban J connectivity index is 3.08. The summed E-state index contributed by atoms with van der Waals surface area (Å²) in [5.74, 6) is 0. The normalized spacial score (nSPS) is 8.57. The van der Waals surface area contributed by atoms with Crippen molar-refractivity contribution < 1.29 is 4.74 Å². The summed E-state index contributed by atoms with van der Waals surface area (Å²) >= 11 is 0. The van der Waals surface area contributed by atoms with Crippen molar-refractivity contribution in [1.29, 1.82) is 0 Å². The molecule has 0 saturated heterocycles. The molecule has 0 bridgehead atoms. The lowest BCUT2D eigenvalue weighted by molar-refractivity contribution is 0.494. The lowest BCUT2D eigenvalue weighted by Gasteiger charge is -1.78. The Labute approximate surface area is 42.0 Å². The van der Waals surface area contributed by atoms with Crippen molar-refractivity contribution in [3.63, 3.8) is 0 Å². The van der Waals surface area contributed by atoms with Crippen LogP contribution in [0.25, 0.3) is 0 Å². The molecular weight excluding hydrogens is 92.1 g/mol. The Hall–Kier alpha value is -1.12. The van der Waals surface area contributed by atoms with Crippen LogP contribution in [0, 0.1) is 0 Å². The predicted molar refractivity (Wildman–Crippen MR) is 29.3 cm³/mol. The topological polar surface area (TPSA) is 34.0 Å². The average Bonchev–Trinajstić information content (AvgIpc) is 1.69. The van der Waals surface area contributed by atoms with Crippen molar-refractivity contribution in [3.05, 3.63) is 12.8 Å². The highest BCUT2D eigenvalue weighted by atomic mass is 16.5. The van der Waals surface area contributed by atoms with Gasteiger partial charge in [0.1, 0.15) is 0 Å². The van der Waals surface area contributed by atoms with Crippen LogP contribution in [0.5, 0.6) is 0 Å². The molecule has 0 amide bonds. The molecule has 0 spiro atoms. The Bertz CT molecular complexity index is 87.7. The van der Waals surface area contributed by atoms with Crippen LogP contribution in [0.15, 0.2) is 23.0 Å². The van der Waals surface area contributed by atoms with Gasteiger partial charge in [0, 0.05) is 6.72 Å². The molecule has 0 aromatic carbocycles. The van der Waals surface area contributed by atoms with E-state index in [0.29, 0.717) is 0 Å². The minimum Gasteiger partial charge on any atom is -0.452 e. The maximum atomic E-state index is 4.41. The second kappa shape index (κ2) is 4.88. The van der Waals surface area contributed by atoms with E-state index >= 15 is 0 Å². The number of nitrogens with zero attached hydrogens (tertiary/aromatic N) is 2. The van der Waals surface area contributed by atoms with E-state index in [0.717, 1.165) is 6.40 Å². The monoisotopic (exact) mass is 98.0 g/mol. The van der Waals surface area contributed by atoms with Gasteiger partial charge in [-0.3, -0.25) is 0 Å². The Morgan fingerprint density at radius 1 is 1.57 bits per heavy atom. The van der Waals surface area contributed by atoms with Crippen molar-refractivity contribution in [2.45, 2.75) is 0 Å². The smallest absolute Gasteiger partial charge is 0.200 e. The number of hydrogen-bond donors (Lipinski definition) is 0. The molecule has 0 aromatic heterocycles. The second-order valence-corrected chi connectivity index (χ2v) is 0.665. The van der Waals surface area contributed by atoms with Gasteiger partial charge in [-0.05, 0) is 0 Å². The van der Waals surface area contributed by atoms with Crippen LogP contribution >= 0.6 is 0 Å². The zero-order valence-electron chi connectivity index (χ0n) is 3.87. The average molecular weight is 98.1 g/mol. The maximum Gasteiger partial charge on any atom is 0.200 e. The summed E-state index contributed by atoms with van der Waals surface area (Å²) in [7, 11) is 0. The molecule has 38 valence electrons. The summed E-state index contributed by atoms with van der Waals surface area (Å²) in [4.78, 5) is 0. The van der Waals surface area contributed by atoms with E-state index in [1.54, 1.807) is 0 Å². The van der Waals surface area contributed by atoms with Gasteiger partial charge in [0.15, 0.2) is 0 Å². The Kier molecular flexibility index (Phi) is 4.10. The highest BCUT2D eigenvalue weighted by Gasteiger charge is 1.57. The number of ether oxygens (including phenoxy) is 1. The van der Waals surface area contributed by atoms with Gasteiger partial charge >= 0.3 is 0 Å². The molecule has 3 heteroatoms. The van der Waals surface area contributed by atoms with Crippen LogP contribution in [0.1, 0.15) is 0 Å². The van der Waals surface area contributed by atoms with E-state index < -0.39 is 0 Å². The van der Waals surface area contributed by atoms with Crippen molar-refractivity contribution >= 4 is 13.1 Å². The summed E-state index contributed by atoms with van der Waals surface area (Å²) in [5.41, 5.74) is 0. The fourth-order valence-corrected chi connectivity index (χ4v) is 0.104. The molecule has 7 heavy (non-hydrogen) atoms. The molecule has 0 aliphatic heterocycles. The van der Waals surface area contributed by atoms with Gasteiger partial charge in [-0.1, -0.05) is 6.58 Å². The van der Waals surface area contributed by atoms with Crippen LogP contribution in [0.3, 0.4) is 0 Å². The van der Waals surface area contributed by atoms with Gasteiger partial charge < -0.3 is 4.74 Å². The van der Waals surface area contributed by atoms with Crippen LogP contribution in [0.2, 0.25) is 0 Å². The summed E-state index contributed by atoms with van der Waals surface area (Å²) in [6, 6.07) is 0. The summed E-state index contributed by atoms with van der Waals surface area (Å²) < 4.78 is 4.41. The first-order chi connectivity index (χ1) is 3.41. The van der Waals surface area contributed by atoms with Crippen LogP contribution in [-0.2, 0) is 4.74 Å². The molecule has 0 aliphatic carbocycles. The van der Waals surface area contributed by atoms with Crippen LogP contribution < -0.4 is 0 Å². The van der Waals surface area contributed by atoms with Crippen molar-refractivity contribution in [2.24, 2.45) is 10.2 Å². The molecule has 0 radical (unpaired) electrons. The summed E-state index contributed by atoms with van der Waals surface area (Å²) in [6.45, 7) is 6.33. The first kappa shape index (κ1) is 5.88. The van der Waals surface area contributed by atoms with E-state index in [1.807, 2.05) is 0 Å². The van der Waals surface area contributed by atoms with Crippen molar-refractivity contribution in [3.8, 4) is 0 Å². The molecule has 0 N–H and O–H groups in total. The van der Waals surface area contributed by atoms with E-state index in [9.17, 15) is 0 Å². The summed E-state index contributed by atoms with van der Waals surface area (Å²) in [6.07, 6.45) is 2.38. The minimum atomic E-state index is 1.14. The first-order valence-corrected chi connectivity index (χ1v) is 1.65. The molecule has 0 aromatic rings. The molecular formula is C4H6N2O. The van der Waals surface area contributed by atoms with E-state index in [-0.39, 0.29) is 0 Å². The number of rotatable bonds is 3. The maximum absolute atomic E-state index is 4.41. The van der Waals surface area contributed by atoms with Gasteiger partial charge in [-0.2, -0.15) is 5.10 Å². The lowest BCUT2D eigenvalue weighted by atomic mass is 11.1. The van der Waals surface area contributed by atoms with E-state index in [4.69, 9.17) is 0 Å².